The third-order valence-electron chi connectivity index (χ3n) is 4.84. The molecule has 3 aromatic rings. The summed E-state index contributed by atoms with van der Waals surface area (Å²) in [5.41, 5.74) is 0.579. The van der Waals surface area contributed by atoms with E-state index >= 15 is 0 Å². The quantitative estimate of drug-likeness (QED) is 0.530. The molecular formula is C22H22ClFN2O5S. The van der Waals surface area contributed by atoms with Gasteiger partial charge in [-0.2, -0.15) is 9.78 Å². The molecule has 7 nitrogen and oxygen atoms in total. The van der Waals surface area contributed by atoms with Crippen molar-refractivity contribution in [3.8, 4) is 22.6 Å². The van der Waals surface area contributed by atoms with Crippen LogP contribution in [0.4, 0.5) is 4.39 Å². The van der Waals surface area contributed by atoms with Crippen molar-refractivity contribution in [2.45, 2.75) is 18.2 Å². The molecule has 1 unspecified atom stereocenters. The minimum atomic E-state index is -3.38. The van der Waals surface area contributed by atoms with Gasteiger partial charge >= 0.3 is 5.56 Å². The van der Waals surface area contributed by atoms with E-state index in [1.54, 1.807) is 12.1 Å². The summed E-state index contributed by atoms with van der Waals surface area (Å²) in [4.78, 5) is 13.4. The Kier molecular flexibility index (Phi) is 7.33. The van der Waals surface area contributed by atoms with E-state index in [9.17, 15) is 22.7 Å². The van der Waals surface area contributed by atoms with Crippen LogP contribution >= 0.6 is 11.6 Å². The summed E-state index contributed by atoms with van der Waals surface area (Å²) in [6.07, 6.45) is 3.03. The molecule has 10 heteroatoms. The normalized spacial score (nSPS) is 12.5. The summed E-state index contributed by atoms with van der Waals surface area (Å²) in [5, 5.41) is 13.2. The van der Waals surface area contributed by atoms with Crippen molar-refractivity contribution in [2.75, 3.05) is 19.5 Å². The second-order valence-corrected chi connectivity index (χ2v) is 9.85. The van der Waals surface area contributed by atoms with E-state index in [0.29, 0.717) is 17.5 Å². The van der Waals surface area contributed by atoms with E-state index in [4.69, 9.17) is 16.3 Å². The molecule has 0 radical (unpaired) electrons. The number of benzene rings is 2. The Bertz CT molecular complexity index is 1280. The lowest BCUT2D eigenvalue weighted by Gasteiger charge is -2.15. The zero-order valence-corrected chi connectivity index (χ0v) is 19.0. The fourth-order valence-corrected chi connectivity index (χ4v) is 3.72. The first-order valence-corrected chi connectivity index (χ1v) is 12.0. The Labute approximate surface area is 190 Å². The van der Waals surface area contributed by atoms with E-state index in [-0.39, 0.29) is 40.5 Å². The maximum absolute atomic E-state index is 13.5. The van der Waals surface area contributed by atoms with Crippen LogP contribution in [-0.4, -0.2) is 42.8 Å². The van der Waals surface area contributed by atoms with Crippen molar-refractivity contribution in [3.63, 3.8) is 0 Å². The molecule has 32 heavy (non-hydrogen) atoms. The Morgan fingerprint density at radius 3 is 2.50 bits per heavy atom. The second kappa shape index (κ2) is 9.81. The van der Waals surface area contributed by atoms with Gasteiger partial charge in [-0.3, -0.25) is 4.79 Å². The van der Waals surface area contributed by atoms with E-state index in [0.717, 1.165) is 17.0 Å². The van der Waals surface area contributed by atoms with Gasteiger partial charge in [0.2, 0.25) is 0 Å². The Hall–Kier alpha value is -2.75. The van der Waals surface area contributed by atoms with Gasteiger partial charge in [0.15, 0.2) is 15.6 Å². The van der Waals surface area contributed by atoms with Crippen molar-refractivity contribution in [3.05, 3.63) is 69.9 Å². The standard InChI is InChI=1S/C22H22ClFN2O5S/c1-14(13-27)9-10-31-21-18(15-3-6-17(7-4-15)32(2,29)30)12-25-26(22(21)28)16-5-8-20(24)19(23)11-16/h3-8,11-12,14,27H,9-10,13H2,1-2H3. The zero-order valence-electron chi connectivity index (χ0n) is 17.5. The second-order valence-electron chi connectivity index (χ2n) is 7.42. The number of hydrogen-bond donors (Lipinski definition) is 1. The number of aliphatic hydroxyl groups is 1. The van der Waals surface area contributed by atoms with Crippen LogP contribution in [0.3, 0.4) is 0 Å². The molecule has 2 aromatic carbocycles. The first-order valence-electron chi connectivity index (χ1n) is 9.73. The summed E-state index contributed by atoms with van der Waals surface area (Å²) >= 11 is 5.85. The van der Waals surface area contributed by atoms with Crippen LogP contribution in [0.25, 0.3) is 16.8 Å². The van der Waals surface area contributed by atoms with Crippen molar-refractivity contribution in [1.29, 1.82) is 0 Å². The van der Waals surface area contributed by atoms with Crippen LogP contribution in [0.2, 0.25) is 5.02 Å². The molecular weight excluding hydrogens is 459 g/mol. The van der Waals surface area contributed by atoms with Gasteiger partial charge in [0, 0.05) is 18.4 Å². The van der Waals surface area contributed by atoms with Crippen LogP contribution in [0.15, 0.2) is 58.4 Å². The molecule has 0 bridgehead atoms. The van der Waals surface area contributed by atoms with Gasteiger partial charge in [0.1, 0.15) is 5.82 Å². The van der Waals surface area contributed by atoms with Gasteiger partial charge < -0.3 is 9.84 Å². The Morgan fingerprint density at radius 2 is 1.91 bits per heavy atom. The molecule has 0 amide bonds. The molecule has 0 saturated heterocycles. The van der Waals surface area contributed by atoms with Gasteiger partial charge in [-0.15, -0.1) is 0 Å². The smallest absolute Gasteiger partial charge is 0.314 e. The molecule has 170 valence electrons. The number of ether oxygens (including phenoxy) is 1. The van der Waals surface area contributed by atoms with Crippen molar-refractivity contribution >= 4 is 21.4 Å². The first-order chi connectivity index (χ1) is 15.1. The molecule has 0 spiro atoms. The van der Waals surface area contributed by atoms with Gasteiger partial charge in [-0.05, 0) is 48.2 Å². The van der Waals surface area contributed by atoms with Crippen LogP contribution < -0.4 is 10.3 Å². The fraction of sp³-hybridized carbons (Fsp3) is 0.273. The van der Waals surface area contributed by atoms with Gasteiger partial charge in [0.05, 0.1) is 28.4 Å². The number of nitrogens with zero attached hydrogens (tertiary/aromatic N) is 2. The van der Waals surface area contributed by atoms with E-state index in [1.165, 1.54) is 30.5 Å². The zero-order chi connectivity index (χ0) is 23.5. The molecule has 0 aliphatic heterocycles. The average molecular weight is 481 g/mol. The monoisotopic (exact) mass is 480 g/mol. The van der Waals surface area contributed by atoms with Crippen LogP contribution in [0, 0.1) is 11.7 Å². The maximum Gasteiger partial charge on any atom is 0.314 e. The number of aliphatic hydroxyl groups excluding tert-OH is 1. The molecule has 0 fully saturated rings. The molecule has 0 saturated carbocycles. The summed E-state index contributed by atoms with van der Waals surface area (Å²) in [5.74, 6) is -0.648. The molecule has 1 N–H and O–H groups in total. The molecule has 1 heterocycles. The lowest BCUT2D eigenvalue weighted by Crippen LogP contribution is -2.24. The minimum absolute atomic E-state index is 0.00214. The highest BCUT2D eigenvalue weighted by Gasteiger charge is 2.18. The molecule has 3 rings (SSSR count). The molecule has 1 aromatic heterocycles. The third-order valence-corrected chi connectivity index (χ3v) is 6.26. The third kappa shape index (κ3) is 5.35. The number of hydrogen-bond acceptors (Lipinski definition) is 6. The molecule has 1 atom stereocenters. The highest BCUT2D eigenvalue weighted by molar-refractivity contribution is 7.90. The number of sulfone groups is 1. The van der Waals surface area contributed by atoms with Gasteiger partial charge in [-0.25, -0.2) is 12.8 Å². The predicted molar refractivity (Wildman–Crippen MR) is 120 cm³/mol. The van der Waals surface area contributed by atoms with E-state index in [2.05, 4.69) is 5.10 Å². The number of rotatable bonds is 8. The van der Waals surface area contributed by atoms with Gasteiger partial charge in [0.25, 0.3) is 0 Å². The topological polar surface area (TPSA) is 98.5 Å². The van der Waals surface area contributed by atoms with Crippen LogP contribution in [0.5, 0.6) is 5.75 Å². The maximum atomic E-state index is 13.5. The van der Waals surface area contributed by atoms with E-state index < -0.39 is 21.2 Å². The molecule has 0 aliphatic carbocycles. The summed E-state index contributed by atoms with van der Waals surface area (Å²) in [6, 6.07) is 9.79. The minimum Gasteiger partial charge on any atom is -0.487 e. The summed E-state index contributed by atoms with van der Waals surface area (Å²) in [6.45, 7) is 2.00. The summed E-state index contributed by atoms with van der Waals surface area (Å²) < 4.78 is 43.9. The van der Waals surface area contributed by atoms with Crippen LogP contribution in [0.1, 0.15) is 13.3 Å². The van der Waals surface area contributed by atoms with Crippen molar-refractivity contribution in [2.24, 2.45) is 5.92 Å². The molecule has 0 aliphatic rings. The van der Waals surface area contributed by atoms with Crippen molar-refractivity contribution < 1.29 is 22.7 Å². The fourth-order valence-electron chi connectivity index (χ4n) is 2.92. The SMILES string of the molecule is CC(CO)CCOc1c(-c2ccc(S(C)(=O)=O)cc2)cnn(-c2ccc(F)c(Cl)c2)c1=O. The Morgan fingerprint density at radius 1 is 1.22 bits per heavy atom. The highest BCUT2D eigenvalue weighted by Crippen LogP contribution is 2.28. The average Bonchev–Trinajstić information content (AvgIpc) is 2.76. The lowest BCUT2D eigenvalue weighted by atomic mass is 10.1. The highest BCUT2D eigenvalue weighted by atomic mass is 35.5. The largest absolute Gasteiger partial charge is 0.487 e. The van der Waals surface area contributed by atoms with E-state index in [1.807, 2.05) is 6.92 Å². The summed E-state index contributed by atoms with van der Waals surface area (Å²) in [7, 11) is -3.38. The lowest BCUT2D eigenvalue weighted by molar-refractivity contribution is 0.201. The Balaban J connectivity index is 2.08. The number of aromatic nitrogens is 2. The number of halogens is 2. The van der Waals surface area contributed by atoms with Crippen molar-refractivity contribution in [1.82, 2.24) is 9.78 Å². The predicted octanol–water partition coefficient (Wildman–Crippen LogP) is 3.49. The van der Waals surface area contributed by atoms with Gasteiger partial charge in [-0.1, -0.05) is 30.7 Å². The first kappa shape index (κ1) is 23.9. The van der Waals surface area contributed by atoms with Crippen LogP contribution in [-0.2, 0) is 9.84 Å².